The van der Waals surface area contributed by atoms with Crippen LogP contribution < -0.4 is 9.47 Å². The maximum atomic E-state index is 10.8. The van der Waals surface area contributed by atoms with Gasteiger partial charge in [-0.15, -0.1) is 0 Å². The Balaban J connectivity index is 2.21. The molecule has 0 bridgehead atoms. The van der Waals surface area contributed by atoms with E-state index >= 15 is 0 Å². The van der Waals surface area contributed by atoms with Crippen LogP contribution in [0.1, 0.15) is 54.8 Å². The number of aliphatic hydroxyl groups excluding tert-OH is 1. The van der Waals surface area contributed by atoms with Crippen LogP contribution in [0.15, 0.2) is 12.1 Å². The first-order valence-corrected chi connectivity index (χ1v) is 7.92. The molecule has 0 saturated carbocycles. The van der Waals surface area contributed by atoms with Crippen molar-refractivity contribution in [2.45, 2.75) is 45.2 Å². The molecule has 0 radical (unpaired) electrons. The summed E-state index contributed by atoms with van der Waals surface area (Å²) in [7, 11) is -1.53. The Hall–Kier alpha value is -1.26. The van der Waals surface area contributed by atoms with Gasteiger partial charge in [-0.2, -0.15) is 0 Å². The molecule has 0 spiro atoms. The molecule has 2 heterocycles. The molecule has 2 aliphatic heterocycles. The van der Waals surface area contributed by atoms with Crippen molar-refractivity contribution < 1.29 is 25.5 Å². The Morgan fingerprint density at radius 2 is 2.22 bits per heavy atom. The van der Waals surface area contributed by atoms with Gasteiger partial charge in [-0.25, -0.2) is 0 Å². The lowest BCUT2D eigenvalue weighted by atomic mass is 9.79. The Kier molecular flexibility index (Phi) is 2.70. The first-order chi connectivity index (χ1) is 14.0. The lowest BCUT2D eigenvalue weighted by molar-refractivity contribution is -0.0191. The molecule has 1 N–H and O–H groups in total. The third-order valence-electron chi connectivity index (χ3n) is 4.51. The van der Waals surface area contributed by atoms with Crippen LogP contribution in [0, 0.1) is 11.8 Å². The fourth-order valence-corrected chi connectivity index (χ4v) is 3.42. The maximum Gasteiger partial charge on any atom is 0.161 e. The standard InChI is InChI=1S/C19H29NO3/c1-12(2)7-14-11-20-6-5-13-8-18(22-3)19(23-4)9-15(13)16(20)10-17(14)21/h8-9,12,14,16-17,21H,5-7,10-11H2,1-4H3/i4D3,5D2,6D2,16D. The van der Waals surface area contributed by atoms with Crippen LogP contribution in [0.2, 0.25) is 0 Å². The SMILES string of the molecule is [2H]C([2H])([2H])Oc1cc2c(cc1OC)C([2H])([2H])C([2H])([2H])N1CC(CC(C)C)C(O)CC21[2H]. The molecule has 1 aromatic rings. The molecule has 3 atom stereocenters. The second-order valence-corrected chi connectivity index (χ2v) is 6.61. The van der Waals surface area contributed by atoms with Crippen molar-refractivity contribution in [2.75, 3.05) is 27.2 Å². The summed E-state index contributed by atoms with van der Waals surface area (Å²) < 4.78 is 76.0. The molecule has 3 rings (SSSR count). The highest BCUT2D eigenvalue weighted by atomic mass is 16.5. The molecule has 0 aliphatic carbocycles. The van der Waals surface area contributed by atoms with Crippen LogP contribution in [-0.2, 0) is 6.37 Å². The molecule has 2 aliphatic rings. The summed E-state index contributed by atoms with van der Waals surface area (Å²) in [6, 6.07) is 0.633. The number of rotatable bonds is 4. The zero-order valence-electron chi connectivity index (χ0n) is 21.7. The molecule has 23 heavy (non-hydrogen) atoms. The molecule has 3 unspecified atom stereocenters. The molecular weight excluding hydrogens is 290 g/mol. The topological polar surface area (TPSA) is 41.9 Å². The van der Waals surface area contributed by atoms with Crippen molar-refractivity contribution in [3.05, 3.63) is 23.3 Å². The zero-order valence-corrected chi connectivity index (χ0v) is 13.7. The van der Waals surface area contributed by atoms with Gasteiger partial charge < -0.3 is 14.6 Å². The van der Waals surface area contributed by atoms with Crippen LogP contribution in [0.5, 0.6) is 11.5 Å². The highest BCUT2D eigenvalue weighted by Crippen LogP contribution is 2.43. The van der Waals surface area contributed by atoms with E-state index in [1.54, 1.807) is 0 Å². The first-order valence-electron chi connectivity index (χ1n) is 11.9. The van der Waals surface area contributed by atoms with E-state index in [9.17, 15) is 6.48 Å². The van der Waals surface area contributed by atoms with Gasteiger partial charge in [0.15, 0.2) is 11.5 Å². The summed E-state index contributed by atoms with van der Waals surface area (Å²) in [5, 5.41) is 10.8. The van der Waals surface area contributed by atoms with E-state index in [1.807, 2.05) is 13.8 Å². The van der Waals surface area contributed by atoms with Crippen molar-refractivity contribution in [2.24, 2.45) is 11.8 Å². The molecular formula is C19H29NO3. The Labute approximate surface area is 150 Å². The number of nitrogens with zero attached hydrogens (tertiary/aromatic N) is 1. The largest absolute Gasteiger partial charge is 0.493 e. The highest BCUT2D eigenvalue weighted by molar-refractivity contribution is 5.49. The minimum absolute atomic E-state index is 0.00368. The van der Waals surface area contributed by atoms with Gasteiger partial charge in [0.05, 0.1) is 25.7 Å². The molecule has 1 aromatic carbocycles. The predicted molar refractivity (Wildman–Crippen MR) is 91.1 cm³/mol. The van der Waals surface area contributed by atoms with Gasteiger partial charge in [-0.05, 0) is 54.3 Å². The van der Waals surface area contributed by atoms with Crippen molar-refractivity contribution in [3.8, 4) is 11.5 Å². The lowest BCUT2D eigenvalue weighted by Gasteiger charge is -2.46. The number of piperidine rings is 1. The molecule has 4 nitrogen and oxygen atoms in total. The molecule has 1 saturated heterocycles. The average Bonchev–Trinajstić information content (AvgIpc) is 2.60. The number of hydrogen-bond donors (Lipinski definition) is 1. The van der Waals surface area contributed by atoms with Crippen molar-refractivity contribution in [1.82, 2.24) is 4.90 Å². The minimum Gasteiger partial charge on any atom is -0.493 e. The van der Waals surface area contributed by atoms with E-state index in [4.69, 9.17) is 19.1 Å². The third-order valence-corrected chi connectivity index (χ3v) is 4.51. The van der Waals surface area contributed by atoms with Gasteiger partial charge in [0.2, 0.25) is 0 Å². The van der Waals surface area contributed by atoms with E-state index in [-0.39, 0.29) is 47.4 Å². The third kappa shape index (κ3) is 3.20. The fourth-order valence-electron chi connectivity index (χ4n) is 3.42. The maximum absolute atomic E-state index is 10.8. The number of ether oxygens (including phenoxy) is 2. The molecule has 0 amide bonds. The number of methoxy groups -OCH3 is 2. The average molecular weight is 327 g/mol. The summed E-state index contributed by atoms with van der Waals surface area (Å²) in [4.78, 5) is 1.16. The summed E-state index contributed by atoms with van der Waals surface area (Å²) >= 11 is 0. The second kappa shape index (κ2) is 6.70. The molecule has 0 aromatic heterocycles. The monoisotopic (exact) mass is 327 g/mol. The van der Waals surface area contributed by atoms with Crippen molar-refractivity contribution in [1.29, 1.82) is 0 Å². The number of aliphatic hydroxyl groups is 1. The number of fused-ring (bicyclic) bond motifs is 3. The van der Waals surface area contributed by atoms with Gasteiger partial charge in [0.25, 0.3) is 0 Å². The van der Waals surface area contributed by atoms with E-state index in [0.29, 0.717) is 6.42 Å². The van der Waals surface area contributed by atoms with Crippen LogP contribution in [0.25, 0.3) is 0 Å². The Bertz CT molecular complexity index is 844. The van der Waals surface area contributed by atoms with Gasteiger partial charge in [-0.3, -0.25) is 4.90 Å². The summed E-state index contributed by atoms with van der Waals surface area (Å²) in [6.45, 7) is 1.42. The quantitative estimate of drug-likeness (QED) is 0.923. The predicted octanol–water partition coefficient (Wildman–Crippen LogP) is 3.03. The zero-order chi connectivity index (χ0) is 23.6. The summed E-state index contributed by atoms with van der Waals surface area (Å²) in [5.74, 6) is -0.339. The first kappa shape index (κ1) is 9.28. The summed E-state index contributed by atoms with van der Waals surface area (Å²) in [5.41, 5.74) is -0.0530. The van der Waals surface area contributed by atoms with Gasteiger partial charge in [-0.1, -0.05) is 13.8 Å². The minimum atomic E-state index is -2.80. The second-order valence-electron chi connectivity index (χ2n) is 6.61. The van der Waals surface area contributed by atoms with Gasteiger partial charge in [0.1, 0.15) is 0 Å². The molecule has 128 valence electrons. The Morgan fingerprint density at radius 1 is 1.43 bits per heavy atom. The van der Waals surface area contributed by atoms with E-state index < -0.39 is 32.0 Å². The number of aryl methyl sites for hydroxylation is 1. The summed E-state index contributed by atoms with van der Waals surface area (Å²) in [6.07, 6.45) is -2.95. The highest BCUT2D eigenvalue weighted by Gasteiger charge is 2.38. The van der Waals surface area contributed by atoms with Crippen molar-refractivity contribution in [3.63, 3.8) is 0 Å². The van der Waals surface area contributed by atoms with Crippen LogP contribution in [-0.4, -0.2) is 43.3 Å². The van der Waals surface area contributed by atoms with Crippen molar-refractivity contribution >= 4 is 0 Å². The molecule has 1 fully saturated rings. The number of hydrogen-bond acceptors (Lipinski definition) is 4. The lowest BCUT2D eigenvalue weighted by Crippen LogP contribution is -2.48. The fraction of sp³-hybridized carbons (Fsp3) is 0.684. The van der Waals surface area contributed by atoms with Crippen LogP contribution in [0.4, 0.5) is 0 Å². The van der Waals surface area contributed by atoms with Crippen LogP contribution in [0.3, 0.4) is 0 Å². The number of benzene rings is 1. The van der Waals surface area contributed by atoms with Gasteiger partial charge in [0, 0.05) is 24.5 Å². The van der Waals surface area contributed by atoms with Gasteiger partial charge >= 0.3 is 0 Å². The van der Waals surface area contributed by atoms with E-state index in [1.165, 1.54) is 19.2 Å². The van der Waals surface area contributed by atoms with E-state index in [2.05, 4.69) is 0 Å². The smallest absolute Gasteiger partial charge is 0.161 e. The van der Waals surface area contributed by atoms with Crippen LogP contribution >= 0.6 is 0 Å². The normalized spacial score (nSPS) is 40.7. The Morgan fingerprint density at radius 3 is 2.91 bits per heavy atom. The molecule has 4 heteroatoms. The van der Waals surface area contributed by atoms with E-state index in [0.717, 1.165) is 4.90 Å².